The lowest BCUT2D eigenvalue weighted by Gasteiger charge is -2.58. The first-order valence-electron chi connectivity index (χ1n) is 14.0. The molecule has 0 bridgehead atoms. The van der Waals surface area contributed by atoms with Crippen molar-refractivity contribution in [2.45, 2.75) is 111 Å². The van der Waals surface area contributed by atoms with E-state index in [4.69, 9.17) is 9.47 Å². The number of methoxy groups -OCH3 is 1. The van der Waals surface area contributed by atoms with Gasteiger partial charge in [0.1, 0.15) is 6.10 Å². The third kappa shape index (κ3) is 4.60. The normalized spacial score (nSPS) is 40.8. The van der Waals surface area contributed by atoms with Crippen molar-refractivity contribution in [2.75, 3.05) is 7.11 Å². The van der Waals surface area contributed by atoms with E-state index in [1.807, 2.05) is 6.92 Å². The van der Waals surface area contributed by atoms with Gasteiger partial charge >= 0.3 is 11.9 Å². The molecule has 0 heterocycles. The fraction of sp³-hybridized carbons (Fsp3) is 0.867. The number of esters is 2. The second-order valence-electron chi connectivity index (χ2n) is 12.8. The van der Waals surface area contributed by atoms with E-state index < -0.39 is 0 Å². The van der Waals surface area contributed by atoms with Crippen LogP contribution < -0.4 is 0 Å². The minimum atomic E-state index is -0.137. The van der Waals surface area contributed by atoms with Crippen LogP contribution in [0.3, 0.4) is 0 Å². The van der Waals surface area contributed by atoms with E-state index in [9.17, 15) is 9.59 Å². The first kappa shape index (κ1) is 25.8. The molecule has 4 aliphatic rings. The van der Waals surface area contributed by atoms with Gasteiger partial charge in [0.05, 0.1) is 13.0 Å². The van der Waals surface area contributed by atoms with Gasteiger partial charge in [-0.15, -0.1) is 0 Å². The first-order valence-corrected chi connectivity index (χ1v) is 14.0. The van der Waals surface area contributed by atoms with Gasteiger partial charge in [0.15, 0.2) is 0 Å². The van der Waals surface area contributed by atoms with Crippen LogP contribution in [0.15, 0.2) is 11.6 Å². The second kappa shape index (κ2) is 9.97. The summed E-state index contributed by atoms with van der Waals surface area (Å²) in [5.41, 5.74) is 2.34. The van der Waals surface area contributed by atoms with Gasteiger partial charge in [-0.05, 0) is 91.8 Å². The van der Waals surface area contributed by atoms with E-state index in [-0.39, 0.29) is 24.0 Å². The molecule has 192 valence electrons. The monoisotopic (exact) mass is 472 g/mol. The summed E-state index contributed by atoms with van der Waals surface area (Å²) in [6.45, 7) is 11.2. The molecule has 4 nitrogen and oxygen atoms in total. The van der Waals surface area contributed by atoms with Gasteiger partial charge in [-0.3, -0.25) is 9.59 Å². The molecule has 0 radical (unpaired) electrons. The van der Waals surface area contributed by atoms with Crippen molar-refractivity contribution < 1.29 is 19.1 Å². The number of hydrogen-bond donors (Lipinski definition) is 0. The van der Waals surface area contributed by atoms with Crippen LogP contribution in [0.5, 0.6) is 0 Å². The van der Waals surface area contributed by atoms with Crippen molar-refractivity contribution in [2.24, 2.45) is 46.3 Å². The highest BCUT2D eigenvalue weighted by Gasteiger charge is 2.59. The van der Waals surface area contributed by atoms with Gasteiger partial charge in [0.2, 0.25) is 0 Å². The van der Waals surface area contributed by atoms with Crippen molar-refractivity contribution in [3.05, 3.63) is 11.6 Å². The molecule has 0 aromatic rings. The summed E-state index contributed by atoms with van der Waals surface area (Å²) in [5, 5.41) is 0. The van der Waals surface area contributed by atoms with E-state index in [2.05, 4.69) is 26.8 Å². The molecule has 4 rings (SSSR count). The van der Waals surface area contributed by atoms with Crippen LogP contribution >= 0.6 is 0 Å². The molecule has 34 heavy (non-hydrogen) atoms. The van der Waals surface area contributed by atoms with Crippen molar-refractivity contribution in [3.63, 3.8) is 0 Å². The molecule has 9 atom stereocenters. The summed E-state index contributed by atoms with van der Waals surface area (Å²) in [6.07, 6.45) is 15.8. The highest BCUT2D eigenvalue weighted by atomic mass is 16.5. The maximum atomic E-state index is 11.8. The Balaban J connectivity index is 1.41. The minimum absolute atomic E-state index is 0.0134. The predicted molar refractivity (Wildman–Crippen MR) is 135 cm³/mol. The van der Waals surface area contributed by atoms with Crippen LogP contribution in [0, 0.1) is 46.3 Å². The average Bonchev–Trinajstić information content (AvgIpc) is 3.15. The maximum Gasteiger partial charge on any atom is 0.308 e. The lowest BCUT2D eigenvalue weighted by atomic mass is 9.47. The number of fused-ring (bicyclic) bond motifs is 5. The third-order valence-corrected chi connectivity index (χ3v) is 11.1. The lowest BCUT2D eigenvalue weighted by molar-refractivity contribution is -0.149. The number of allylic oxidation sites excluding steroid dienone is 1. The highest BCUT2D eigenvalue weighted by Crippen LogP contribution is 2.67. The fourth-order valence-electron chi connectivity index (χ4n) is 9.20. The largest absolute Gasteiger partial charge is 0.469 e. The Hall–Kier alpha value is -1.32. The molecule has 4 heteroatoms. The number of rotatable bonds is 7. The quantitative estimate of drug-likeness (QED) is 0.292. The Kier molecular flexibility index (Phi) is 7.56. The molecule has 3 saturated carbocycles. The molecule has 2 unspecified atom stereocenters. The standard InChI is InChI=1S/C30H48O4/c1-19(8-7-9-20(2)28(32)33-6)25-12-13-26-24-11-10-22-18-23(34-21(3)31)14-16-29(22,4)27(24)15-17-30(25,26)5/h10,19-20,23-27H,7-9,11-18H2,1-6H3/t19-,20?,23?,24+,25-,26+,27+,29+,30-/m1/s1. The zero-order valence-corrected chi connectivity index (χ0v) is 22.5. The molecule has 0 aromatic carbocycles. The lowest BCUT2D eigenvalue weighted by Crippen LogP contribution is -2.51. The molecular formula is C30H48O4. The Bertz CT molecular complexity index is 802. The van der Waals surface area contributed by atoms with Crippen molar-refractivity contribution in [1.82, 2.24) is 0 Å². The van der Waals surface area contributed by atoms with Gasteiger partial charge < -0.3 is 9.47 Å². The molecule has 0 spiro atoms. The zero-order chi connectivity index (χ0) is 24.7. The van der Waals surface area contributed by atoms with Gasteiger partial charge in [0.25, 0.3) is 0 Å². The summed E-state index contributed by atoms with van der Waals surface area (Å²) in [6, 6.07) is 0. The topological polar surface area (TPSA) is 52.6 Å². The predicted octanol–water partition coefficient (Wildman–Crippen LogP) is 7.11. The number of hydrogen-bond acceptors (Lipinski definition) is 4. The minimum Gasteiger partial charge on any atom is -0.469 e. The van der Waals surface area contributed by atoms with Gasteiger partial charge in [-0.2, -0.15) is 0 Å². The zero-order valence-electron chi connectivity index (χ0n) is 22.5. The van der Waals surface area contributed by atoms with E-state index in [1.54, 1.807) is 5.57 Å². The molecule has 0 saturated heterocycles. The van der Waals surface area contributed by atoms with E-state index in [0.29, 0.717) is 10.8 Å². The van der Waals surface area contributed by atoms with Crippen molar-refractivity contribution in [3.8, 4) is 0 Å². The van der Waals surface area contributed by atoms with E-state index >= 15 is 0 Å². The van der Waals surface area contributed by atoms with Gasteiger partial charge in [-0.1, -0.05) is 52.2 Å². The Morgan fingerprint density at radius 3 is 2.53 bits per heavy atom. The molecule has 0 aliphatic heterocycles. The van der Waals surface area contributed by atoms with Gasteiger partial charge in [-0.25, -0.2) is 0 Å². The third-order valence-electron chi connectivity index (χ3n) is 11.1. The van der Waals surface area contributed by atoms with Crippen LogP contribution in [-0.2, 0) is 19.1 Å². The summed E-state index contributed by atoms with van der Waals surface area (Å²) in [4.78, 5) is 23.3. The molecule has 0 amide bonds. The number of ether oxygens (including phenoxy) is 2. The Morgan fingerprint density at radius 1 is 1.06 bits per heavy atom. The number of carbonyl (C=O) groups is 2. The summed E-state index contributed by atoms with van der Waals surface area (Å²) < 4.78 is 10.5. The molecule has 0 aromatic heterocycles. The van der Waals surface area contributed by atoms with Crippen LogP contribution in [0.25, 0.3) is 0 Å². The maximum absolute atomic E-state index is 11.8. The second-order valence-corrected chi connectivity index (χ2v) is 12.8. The smallest absolute Gasteiger partial charge is 0.308 e. The molecular weight excluding hydrogens is 424 g/mol. The Morgan fingerprint density at radius 2 is 1.82 bits per heavy atom. The molecule has 0 N–H and O–H groups in total. The summed E-state index contributed by atoms with van der Waals surface area (Å²) >= 11 is 0. The SMILES string of the molecule is COC(=O)C(C)CCC[C@@H](C)[C@H]1CC[C@H]2[C@@H]3CC=C4CC(OC(C)=O)CC[C@]4(C)[C@H]3CC[C@]12C. The van der Waals surface area contributed by atoms with E-state index in [1.165, 1.54) is 59.0 Å². The van der Waals surface area contributed by atoms with Crippen LogP contribution in [-0.4, -0.2) is 25.2 Å². The Labute approximate surface area is 207 Å². The molecule has 4 aliphatic carbocycles. The average molecular weight is 473 g/mol. The van der Waals surface area contributed by atoms with E-state index in [0.717, 1.165) is 55.3 Å². The fourth-order valence-corrected chi connectivity index (χ4v) is 9.20. The van der Waals surface area contributed by atoms with Crippen LogP contribution in [0.4, 0.5) is 0 Å². The van der Waals surface area contributed by atoms with Crippen molar-refractivity contribution >= 4 is 11.9 Å². The summed E-state index contributed by atoms with van der Waals surface area (Å²) in [7, 11) is 1.49. The molecule has 3 fully saturated rings. The van der Waals surface area contributed by atoms with Gasteiger partial charge in [0, 0.05) is 13.3 Å². The first-order chi connectivity index (χ1) is 16.1. The number of carbonyl (C=O) groups excluding carboxylic acids is 2. The highest BCUT2D eigenvalue weighted by molar-refractivity contribution is 5.71. The van der Waals surface area contributed by atoms with Crippen molar-refractivity contribution in [1.29, 1.82) is 0 Å². The van der Waals surface area contributed by atoms with Crippen LogP contribution in [0.2, 0.25) is 0 Å². The summed E-state index contributed by atoms with van der Waals surface area (Å²) in [5.74, 6) is 3.79. The van der Waals surface area contributed by atoms with Crippen LogP contribution in [0.1, 0.15) is 105 Å².